The Balaban J connectivity index is 1.89. The van der Waals surface area contributed by atoms with E-state index in [0.717, 1.165) is 0 Å². The first-order chi connectivity index (χ1) is 12.9. The molecule has 0 saturated carbocycles. The van der Waals surface area contributed by atoms with Crippen LogP contribution < -0.4 is 16.2 Å². The lowest BCUT2D eigenvalue weighted by Gasteiger charge is -2.20. The van der Waals surface area contributed by atoms with Crippen LogP contribution in [0.4, 0.5) is 4.39 Å². The Morgan fingerprint density at radius 1 is 1.33 bits per heavy atom. The zero-order valence-electron chi connectivity index (χ0n) is 15.2. The summed E-state index contributed by atoms with van der Waals surface area (Å²) >= 11 is 0. The van der Waals surface area contributed by atoms with Gasteiger partial charge >= 0.3 is 0 Å². The molecule has 1 aliphatic heterocycles. The second-order valence-electron chi connectivity index (χ2n) is 6.54. The second kappa shape index (κ2) is 7.85. The fourth-order valence-electron chi connectivity index (χ4n) is 3.05. The molecule has 3 N–H and O–H groups in total. The summed E-state index contributed by atoms with van der Waals surface area (Å²) < 4.78 is 14.4. The first-order valence-corrected chi connectivity index (χ1v) is 8.63. The van der Waals surface area contributed by atoms with Crippen LogP contribution in [0.2, 0.25) is 0 Å². The first kappa shape index (κ1) is 19.0. The maximum absolute atomic E-state index is 13.0. The van der Waals surface area contributed by atoms with E-state index in [2.05, 4.69) is 15.6 Å². The van der Waals surface area contributed by atoms with E-state index >= 15 is 0 Å². The molecule has 1 atom stereocenters. The fraction of sp³-hybridized carbons (Fsp3) is 0.389. The standard InChI is InChI=1S/C18H22FN5O3/c1-20-13-10-23(2)7-8-24-16(13)22-14(15(25)18(24)27)17(26)21-9-11-3-5-12(19)6-4-11/h3-6,13,20,25H,7-10H2,1-2H3,(H,21,26). The molecule has 2 heterocycles. The number of nitrogens with one attached hydrogen (secondary N) is 2. The zero-order chi connectivity index (χ0) is 19.6. The smallest absolute Gasteiger partial charge is 0.296 e. The van der Waals surface area contributed by atoms with Crippen molar-refractivity contribution in [1.82, 2.24) is 25.1 Å². The number of amides is 1. The second-order valence-corrected chi connectivity index (χ2v) is 6.54. The van der Waals surface area contributed by atoms with Crippen LogP contribution >= 0.6 is 0 Å². The maximum Gasteiger partial charge on any atom is 0.296 e. The van der Waals surface area contributed by atoms with Crippen molar-refractivity contribution in [2.75, 3.05) is 27.2 Å². The number of carbonyl (C=O) groups excluding carboxylic acids is 1. The maximum atomic E-state index is 13.0. The molecule has 0 fully saturated rings. The molecule has 0 bridgehead atoms. The third-order valence-corrected chi connectivity index (χ3v) is 4.62. The summed E-state index contributed by atoms with van der Waals surface area (Å²) in [6, 6.07) is 5.41. The van der Waals surface area contributed by atoms with Gasteiger partial charge in [-0.3, -0.25) is 14.2 Å². The van der Waals surface area contributed by atoms with Crippen molar-refractivity contribution in [2.24, 2.45) is 0 Å². The van der Waals surface area contributed by atoms with Crippen molar-refractivity contribution in [1.29, 1.82) is 0 Å². The van der Waals surface area contributed by atoms with E-state index in [9.17, 15) is 19.1 Å². The molecule has 27 heavy (non-hydrogen) atoms. The molecule has 0 saturated heterocycles. The Morgan fingerprint density at radius 2 is 2.04 bits per heavy atom. The van der Waals surface area contributed by atoms with E-state index < -0.39 is 17.2 Å². The summed E-state index contributed by atoms with van der Waals surface area (Å²) in [5, 5.41) is 15.9. The summed E-state index contributed by atoms with van der Waals surface area (Å²) in [6.07, 6.45) is 0. The van der Waals surface area contributed by atoms with Crippen LogP contribution in [-0.4, -0.2) is 52.6 Å². The van der Waals surface area contributed by atoms with Crippen molar-refractivity contribution in [3.8, 4) is 5.75 Å². The molecule has 1 aromatic heterocycles. The largest absolute Gasteiger partial charge is 0.501 e. The van der Waals surface area contributed by atoms with Gasteiger partial charge in [0.05, 0.1) is 6.04 Å². The van der Waals surface area contributed by atoms with Gasteiger partial charge in [0.25, 0.3) is 11.5 Å². The minimum absolute atomic E-state index is 0.122. The Bertz CT molecular complexity index is 897. The Morgan fingerprint density at radius 3 is 2.70 bits per heavy atom. The highest BCUT2D eigenvalue weighted by Crippen LogP contribution is 2.18. The highest BCUT2D eigenvalue weighted by atomic mass is 19.1. The number of likely N-dealkylation sites (N-methyl/N-ethyl adjacent to an activating group) is 2. The highest BCUT2D eigenvalue weighted by molar-refractivity contribution is 5.94. The normalized spacial score (nSPS) is 17.2. The molecule has 144 valence electrons. The predicted octanol–water partition coefficient (Wildman–Crippen LogP) is 0.224. The van der Waals surface area contributed by atoms with Crippen LogP contribution in [0.1, 0.15) is 27.9 Å². The van der Waals surface area contributed by atoms with E-state index in [4.69, 9.17) is 0 Å². The number of carbonyl (C=O) groups is 1. The molecule has 0 aliphatic carbocycles. The topological polar surface area (TPSA) is 99.5 Å². The van der Waals surface area contributed by atoms with Gasteiger partial charge in [-0.05, 0) is 31.8 Å². The van der Waals surface area contributed by atoms with Crippen LogP contribution in [0.25, 0.3) is 0 Å². The van der Waals surface area contributed by atoms with Crippen LogP contribution in [0.3, 0.4) is 0 Å². The minimum Gasteiger partial charge on any atom is -0.501 e. The molecule has 2 aromatic rings. The third-order valence-electron chi connectivity index (χ3n) is 4.62. The van der Waals surface area contributed by atoms with Gasteiger partial charge in [0.1, 0.15) is 11.6 Å². The van der Waals surface area contributed by atoms with Crippen LogP contribution in [-0.2, 0) is 13.1 Å². The molecule has 8 nitrogen and oxygen atoms in total. The van der Waals surface area contributed by atoms with Gasteiger partial charge < -0.3 is 20.6 Å². The molecule has 3 rings (SSSR count). The number of nitrogens with zero attached hydrogens (tertiary/aromatic N) is 3. The quantitative estimate of drug-likeness (QED) is 0.707. The predicted molar refractivity (Wildman–Crippen MR) is 97.0 cm³/mol. The van der Waals surface area contributed by atoms with E-state index in [1.54, 1.807) is 19.2 Å². The number of aromatic hydroxyl groups is 1. The van der Waals surface area contributed by atoms with E-state index in [1.807, 2.05) is 11.9 Å². The minimum atomic E-state index is -0.672. The molecule has 0 spiro atoms. The summed E-state index contributed by atoms with van der Waals surface area (Å²) in [5.41, 5.74) is -0.258. The lowest BCUT2D eigenvalue weighted by Crippen LogP contribution is -2.34. The molecule has 1 amide bonds. The van der Waals surface area contributed by atoms with Gasteiger partial charge in [-0.1, -0.05) is 12.1 Å². The van der Waals surface area contributed by atoms with Crippen molar-refractivity contribution in [2.45, 2.75) is 19.1 Å². The van der Waals surface area contributed by atoms with Crippen LogP contribution in [0.15, 0.2) is 29.1 Å². The molecular weight excluding hydrogens is 353 g/mol. The monoisotopic (exact) mass is 375 g/mol. The highest BCUT2D eigenvalue weighted by Gasteiger charge is 2.27. The van der Waals surface area contributed by atoms with E-state index in [1.165, 1.54) is 16.7 Å². The fourth-order valence-corrected chi connectivity index (χ4v) is 3.05. The third kappa shape index (κ3) is 3.99. The number of fused-ring (bicyclic) bond motifs is 1. The molecule has 1 aromatic carbocycles. The molecule has 1 unspecified atom stereocenters. The Hall–Kier alpha value is -2.78. The summed E-state index contributed by atoms with van der Waals surface area (Å²) in [6.45, 7) is 1.74. The Kier molecular flexibility index (Phi) is 5.52. The van der Waals surface area contributed by atoms with Gasteiger partial charge in [0.15, 0.2) is 5.69 Å². The van der Waals surface area contributed by atoms with Crippen molar-refractivity contribution >= 4 is 5.91 Å². The van der Waals surface area contributed by atoms with Gasteiger partial charge in [-0.2, -0.15) is 0 Å². The van der Waals surface area contributed by atoms with Gasteiger partial charge in [-0.15, -0.1) is 0 Å². The number of hydrogen-bond donors (Lipinski definition) is 3. The van der Waals surface area contributed by atoms with Crippen molar-refractivity contribution in [3.63, 3.8) is 0 Å². The number of aromatic nitrogens is 2. The van der Waals surface area contributed by atoms with Crippen molar-refractivity contribution in [3.05, 3.63) is 57.5 Å². The summed E-state index contributed by atoms with van der Waals surface area (Å²) in [7, 11) is 3.68. The summed E-state index contributed by atoms with van der Waals surface area (Å²) in [4.78, 5) is 31.4. The SMILES string of the molecule is CNC1CN(C)CCn2c1nc(C(=O)NCc1ccc(F)cc1)c(O)c2=O. The van der Waals surface area contributed by atoms with Crippen molar-refractivity contribution < 1.29 is 14.3 Å². The zero-order valence-corrected chi connectivity index (χ0v) is 15.2. The molecule has 1 aliphatic rings. The number of halogens is 1. The average Bonchev–Trinajstić information content (AvgIpc) is 2.82. The van der Waals surface area contributed by atoms with Gasteiger partial charge in [-0.25, -0.2) is 9.37 Å². The molecule has 0 radical (unpaired) electrons. The van der Waals surface area contributed by atoms with Crippen LogP contribution in [0.5, 0.6) is 5.75 Å². The lowest BCUT2D eigenvalue weighted by atomic mass is 10.2. The van der Waals surface area contributed by atoms with Gasteiger partial charge in [0, 0.05) is 26.2 Å². The van der Waals surface area contributed by atoms with E-state index in [0.29, 0.717) is 31.0 Å². The number of hydrogen-bond acceptors (Lipinski definition) is 6. The lowest BCUT2D eigenvalue weighted by molar-refractivity contribution is 0.0941. The molecule has 9 heteroatoms. The first-order valence-electron chi connectivity index (χ1n) is 8.63. The summed E-state index contributed by atoms with van der Waals surface area (Å²) in [5.74, 6) is -1.29. The molecular formula is C18H22FN5O3. The van der Waals surface area contributed by atoms with Gasteiger partial charge in [0.2, 0.25) is 5.75 Å². The Labute approximate surface area is 155 Å². The average molecular weight is 375 g/mol. The number of rotatable bonds is 4. The van der Waals surface area contributed by atoms with Crippen LogP contribution in [0, 0.1) is 5.82 Å². The number of benzene rings is 1. The van der Waals surface area contributed by atoms with E-state index in [-0.39, 0.29) is 24.1 Å².